The maximum Gasteiger partial charge on any atom is 0.160 e. The monoisotopic (exact) mass is 1030 g/mol. The molecule has 1 saturated heterocycles. The highest BCUT2D eigenvalue weighted by atomic mass is 16.5. The summed E-state index contributed by atoms with van der Waals surface area (Å²) in [6.45, 7) is 7.27. The van der Waals surface area contributed by atoms with Crippen LogP contribution in [-0.4, -0.2) is 106 Å². The van der Waals surface area contributed by atoms with Gasteiger partial charge in [-0.25, -0.2) is 0 Å². The number of nitrogens with two attached hydrogens (primary N) is 1. The van der Waals surface area contributed by atoms with Crippen molar-refractivity contribution in [1.29, 1.82) is 0 Å². The quantitative estimate of drug-likeness (QED) is 0.0547. The number of carbonyl (C=O) groups excluding carboxylic acids is 2. The topological polar surface area (TPSA) is 222 Å². The van der Waals surface area contributed by atoms with E-state index in [4.69, 9.17) is 10.5 Å². The number of aliphatic hydroxyl groups is 4. The number of aromatic nitrogens is 1. The molecule has 11 rings (SSSR count). The number of fused-ring (bicyclic) bond motifs is 5. The number of benzene rings is 3. The molecule has 3 saturated carbocycles. The summed E-state index contributed by atoms with van der Waals surface area (Å²) in [6, 6.07) is 20.2. The normalized spacial score (nSPS) is 33.0. The van der Waals surface area contributed by atoms with Gasteiger partial charge in [0.2, 0.25) is 0 Å². The number of ether oxygens (including phenoxy) is 1. The lowest BCUT2D eigenvalue weighted by atomic mass is 9.43. The number of methoxy groups -OCH3 is 1. The summed E-state index contributed by atoms with van der Waals surface area (Å²) in [5.41, 5.74) is 12.2. The number of Topliss-reactive ketones (excluding diaryl/α,β-unsaturated/α-hetero) is 2. The molecule has 16 atom stereocenters. The molecule has 0 unspecified atom stereocenters. The molecule has 13 nitrogen and oxygen atoms in total. The van der Waals surface area contributed by atoms with Crippen molar-refractivity contribution in [3.63, 3.8) is 0 Å². The molecule has 0 bridgehead atoms. The maximum atomic E-state index is 15.0. The Morgan fingerprint density at radius 1 is 0.961 bits per heavy atom. The van der Waals surface area contributed by atoms with Crippen molar-refractivity contribution in [2.45, 2.75) is 133 Å². The predicted molar refractivity (Wildman–Crippen MR) is 293 cm³/mol. The van der Waals surface area contributed by atoms with Gasteiger partial charge in [-0.15, -0.1) is 0 Å². The van der Waals surface area contributed by atoms with Gasteiger partial charge in [0.1, 0.15) is 11.2 Å². The molecule has 3 heterocycles. The molecule has 7 aliphatic rings. The fourth-order valence-corrected chi connectivity index (χ4v) is 16.5. The number of H-pyrrole nitrogens is 1. The first-order valence-electron chi connectivity index (χ1n) is 28.5. The second kappa shape index (κ2) is 21.8. The van der Waals surface area contributed by atoms with Gasteiger partial charge in [-0.2, -0.15) is 0 Å². The van der Waals surface area contributed by atoms with Crippen LogP contribution in [0.1, 0.15) is 130 Å². The largest absolute Gasteiger partial charge is 0.504 e. The minimum atomic E-state index is -1.38. The summed E-state index contributed by atoms with van der Waals surface area (Å²) in [5, 5.41) is 72.7. The molecule has 1 spiro atoms. The van der Waals surface area contributed by atoms with Crippen LogP contribution in [0.4, 0.5) is 0 Å². The first kappa shape index (κ1) is 52.6. The molecular weight excluding hydrogens is 955 g/mol. The number of hydrogen-bond donors (Lipinski definition) is 10. The van der Waals surface area contributed by atoms with E-state index >= 15 is 4.79 Å². The van der Waals surface area contributed by atoms with Gasteiger partial charge in [0.25, 0.3) is 0 Å². The fourth-order valence-electron chi connectivity index (χ4n) is 16.5. The van der Waals surface area contributed by atoms with E-state index in [9.17, 15) is 30.3 Å². The Labute approximate surface area is 447 Å². The number of ketones is 2. The van der Waals surface area contributed by atoms with E-state index in [2.05, 4.69) is 89.2 Å². The van der Waals surface area contributed by atoms with E-state index in [0.29, 0.717) is 80.5 Å². The Hall–Kier alpha value is -5.46. The highest BCUT2D eigenvalue weighted by Gasteiger charge is 2.63. The molecule has 0 radical (unpaired) electrons. The third-order valence-electron chi connectivity index (χ3n) is 20.0. The SMILES string of the molecule is CCNC[C@H]1[C@@H]2c3[nH]ccc3[C@H]3CC(=O)C[C@H]4NC[C@@H]([C@@H](CCO)[C@@H]1[C@H]1CC[C@@]5(C#C[C@H](C[C@H](O)[C@H](O)C[C@@H](C6=C(CC)CNC(N)=C6)c6ccc7ccccc7c6)c6cc(O)c(OC)cc6CCC5=O)[C@H](O)C1)[C@H]2[C@@H]34. The van der Waals surface area contributed by atoms with E-state index in [-0.39, 0.29) is 96.5 Å². The highest BCUT2D eigenvalue weighted by molar-refractivity contribution is 5.89. The molecule has 11 N–H and O–H groups in total. The number of aryl methyl sites for hydroxylation is 1. The van der Waals surface area contributed by atoms with Gasteiger partial charge in [0.15, 0.2) is 17.3 Å². The van der Waals surface area contributed by atoms with E-state index in [1.54, 1.807) is 12.1 Å². The molecule has 0 amide bonds. The highest BCUT2D eigenvalue weighted by Crippen LogP contribution is 2.65. The molecule has 13 heteroatoms. The average molecular weight is 1030 g/mol. The van der Waals surface area contributed by atoms with Crippen molar-refractivity contribution in [1.82, 2.24) is 20.9 Å². The van der Waals surface area contributed by atoms with Crippen LogP contribution in [-0.2, 0) is 16.0 Å². The van der Waals surface area contributed by atoms with Crippen LogP contribution in [0.3, 0.4) is 0 Å². The molecule has 1 aromatic heterocycles. The van der Waals surface area contributed by atoms with Crippen molar-refractivity contribution >= 4 is 22.3 Å². The first-order chi connectivity index (χ1) is 36.9. The number of hydrogen-bond acceptors (Lipinski definition) is 12. The number of nitrogens with one attached hydrogen (secondary N) is 4. The fraction of sp³-hybridized carbons (Fsp3) is 0.556. The zero-order chi connectivity index (χ0) is 53.0. The maximum absolute atomic E-state index is 15.0. The second-order valence-electron chi connectivity index (χ2n) is 23.6. The van der Waals surface area contributed by atoms with Crippen molar-refractivity contribution in [3.8, 4) is 23.3 Å². The number of aromatic amines is 1. The number of aromatic hydroxyl groups is 1. The van der Waals surface area contributed by atoms with E-state index < -0.39 is 29.6 Å². The zero-order valence-corrected chi connectivity index (χ0v) is 44.4. The van der Waals surface area contributed by atoms with Gasteiger partial charge in [-0.3, -0.25) is 9.59 Å². The number of carbonyl (C=O) groups is 2. The second-order valence-corrected chi connectivity index (χ2v) is 23.6. The third-order valence-corrected chi connectivity index (χ3v) is 20.0. The van der Waals surface area contributed by atoms with Gasteiger partial charge in [0, 0.05) is 68.1 Å². The molecular formula is C63H79N5O8. The van der Waals surface area contributed by atoms with Gasteiger partial charge >= 0.3 is 0 Å². The number of dihydropyridines is 1. The molecule has 404 valence electrons. The van der Waals surface area contributed by atoms with Gasteiger partial charge in [-0.05, 0) is 187 Å². The van der Waals surface area contributed by atoms with Crippen molar-refractivity contribution in [2.24, 2.45) is 52.6 Å². The van der Waals surface area contributed by atoms with Crippen LogP contribution < -0.4 is 26.4 Å². The number of phenols is 1. The Bertz CT molecular complexity index is 2950. The summed E-state index contributed by atoms with van der Waals surface area (Å²) in [7, 11) is 1.49. The van der Waals surface area contributed by atoms with Crippen molar-refractivity contribution in [2.75, 3.05) is 39.9 Å². The van der Waals surface area contributed by atoms with Crippen LogP contribution in [0.15, 0.2) is 89.9 Å². The van der Waals surface area contributed by atoms with Crippen LogP contribution >= 0.6 is 0 Å². The molecule has 2 aliphatic heterocycles. The first-order valence-corrected chi connectivity index (χ1v) is 28.5. The minimum Gasteiger partial charge on any atom is -0.504 e. The van der Waals surface area contributed by atoms with E-state index in [1.807, 2.05) is 18.2 Å². The summed E-state index contributed by atoms with van der Waals surface area (Å²) in [4.78, 5) is 32.0. The lowest BCUT2D eigenvalue weighted by molar-refractivity contribution is -0.141. The number of aliphatic hydroxyl groups excluding tert-OH is 4. The van der Waals surface area contributed by atoms with Gasteiger partial charge in [-0.1, -0.05) is 68.2 Å². The smallest absolute Gasteiger partial charge is 0.160 e. The number of piperidine rings is 1. The Balaban J connectivity index is 0.916. The predicted octanol–water partition coefficient (Wildman–Crippen LogP) is 6.95. The van der Waals surface area contributed by atoms with Gasteiger partial charge < -0.3 is 56.9 Å². The van der Waals surface area contributed by atoms with Gasteiger partial charge in [0.05, 0.1) is 31.2 Å². The molecule has 4 fully saturated rings. The van der Waals surface area contributed by atoms with Crippen LogP contribution in [0.5, 0.6) is 11.5 Å². The Morgan fingerprint density at radius 3 is 2.57 bits per heavy atom. The third kappa shape index (κ3) is 9.38. The minimum absolute atomic E-state index is 0.00614. The molecule has 4 aromatic rings. The van der Waals surface area contributed by atoms with Crippen LogP contribution in [0.25, 0.3) is 10.8 Å². The zero-order valence-electron chi connectivity index (χ0n) is 44.4. The summed E-state index contributed by atoms with van der Waals surface area (Å²) in [5.74, 6) is 8.64. The lowest BCUT2D eigenvalue weighted by Gasteiger charge is -2.64. The summed E-state index contributed by atoms with van der Waals surface area (Å²) < 4.78 is 5.58. The average Bonchev–Trinajstić information content (AvgIpc) is 4.08. The summed E-state index contributed by atoms with van der Waals surface area (Å²) >= 11 is 0. The molecule has 3 aromatic carbocycles. The van der Waals surface area contributed by atoms with Crippen molar-refractivity contribution < 1.29 is 39.9 Å². The van der Waals surface area contributed by atoms with Crippen LogP contribution in [0.2, 0.25) is 0 Å². The number of phenolic OH excluding ortho intramolecular Hbond substituents is 1. The summed E-state index contributed by atoms with van der Waals surface area (Å²) in [6.07, 6.45) is 5.05. The Morgan fingerprint density at radius 2 is 1.79 bits per heavy atom. The molecule has 76 heavy (non-hydrogen) atoms. The molecule has 5 aliphatic carbocycles. The van der Waals surface area contributed by atoms with Crippen molar-refractivity contribution in [3.05, 3.63) is 118 Å². The number of allylic oxidation sites excluding steroid dienone is 2. The van der Waals surface area contributed by atoms with Crippen LogP contribution in [0, 0.1) is 58.7 Å². The standard InChI is InChI=1S/C63H79N5O8/c1-4-34-31-68-57(64)30-46(34)45(37-11-10-35-8-6-7-9-36(35)22-37)29-52(72)51(71)23-39-14-18-63(55(74)13-12-38-24-54(76-3)53(73)28-44(38)39)19-15-40(25-56(63)75)58-42(17-21-69)48-33-67-50-27-41(70)26-47-43-16-20-66-62(43)61(60(48)59(47)50)49(58)32-65-5-2/h6-11,16,20,22,24,28,30,39-40,42,45,47-52,56,58-61,65-69,71-73,75H,4-5,12-13,15,17,19,21,23,25-27,29,31-33,64H2,1-3H3/t39-,40+,42-,45-,47-,48+,49-,50-,51+,52-,56-,58+,59+,60+,61+,63-/m1/s1. The van der Waals surface area contributed by atoms with E-state index in [1.165, 1.54) is 23.9 Å². The number of rotatable bonds is 15. The van der Waals surface area contributed by atoms with E-state index in [0.717, 1.165) is 53.5 Å². The Kier molecular flexibility index (Phi) is 15.1. The lowest BCUT2D eigenvalue weighted by Crippen LogP contribution is -2.65.